The Hall–Kier alpha value is -1.84. The number of hydrogen-bond donors (Lipinski definition) is 2. The van der Waals surface area contributed by atoms with Crippen molar-refractivity contribution < 1.29 is 26.3 Å². The molecule has 4 heterocycles. The number of alkyl halides is 6. The van der Waals surface area contributed by atoms with Gasteiger partial charge < -0.3 is 10.9 Å². The Labute approximate surface area is 185 Å². The van der Waals surface area contributed by atoms with Crippen LogP contribution in [0.25, 0.3) is 0 Å². The maximum Gasteiger partial charge on any atom is 0.453 e. The van der Waals surface area contributed by atoms with Crippen LogP contribution < -0.4 is 10.9 Å². The van der Waals surface area contributed by atoms with Gasteiger partial charge in [-0.2, -0.15) is 26.3 Å². The normalized spacial score (nSPS) is 33.7. The van der Waals surface area contributed by atoms with E-state index in [4.69, 9.17) is 0 Å². The van der Waals surface area contributed by atoms with Crippen LogP contribution in [-0.2, 0) is 12.4 Å². The lowest BCUT2D eigenvalue weighted by molar-refractivity contribution is -0.148. The summed E-state index contributed by atoms with van der Waals surface area (Å²) in [6.07, 6.45) is -5.88. The molecule has 0 aromatic carbocycles. The Morgan fingerprint density at radius 3 is 1.47 bits per heavy atom. The molecule has 2 fully saturated rings. The monoisotopic (exact) mass is 498 g/mol. The first-order valence-electron chi connectivity index (χ1n) is 10.0. The zero-order valence-corrected chi connectivity index (χ0v) is 17.7. The molecule has 0 bridgehead atoms. The molecule has 0 radical (unpaired) electrons. The van der Waals surface area contributed by atoms with Gasteiger partial charge in [0.25, 0.3) is 11.6 Å². The highest BCUT2D eigenvalue weighted by molar-refractivity contribution is 8.03. The van der Waals surface area contributed by atoms with Crippen LogP contribution in [0.15, 0.2) is 10.3 Å². The summed E-state index contributed by atoms with van der Waals surface area (Å²) in [5.41, 5.74) is 6.05. The largest absolute Gasteiger partial charge is 0.453 e. The minimum atomic E-state index is -4.65. The summed E-state index contributed by atoms with van der Waals surface area (Å²) < 4.78 is 82.3. The second-order valence-electron chi connectivity index (χ2n) is 8.37. The first-order chi connectivity index (χ1) is 15.1. The van der Waals surface area contributed by atoms with Gasteiger partial charge in [-0.1, -0.05) is 36.4 Å². The zero-order valence-electron chi connectivity index (χ0n) is 16.1. The van der Waals surface area contributed by atoms with Crippen LogP contribution in [0.5, 0.6) is 0 Å². The smallest absolute Gasteiger partial charge is 0.317 e. The number of halogens is 6. The van der Waals surface area contributed by atoms with Crippen LogP contribution in [-0.4, -0.2) is 52.3 Å². The summed E-state index contributed by atoms with van der Waals surface area (Å²) in [4.78, 5) is 0. The van der Waals surface area contributed by atoms with Crippen LogP contribution in [0.2, 0.25) is 0 Å². The van der Waals surface area contributed by atoms with E-state index in [-0.39, 0.29) is 44.7 Å². The molecule has 6 rings (SSSR count). The molecule has 2 aromatic rings. The summed E-state index contributed by atoms with van der Waals surface area (Å²) in [5.74, 6) is -2.20. The minimum Gasteiger partial charge on any atom is -0.317 e. The molecule has 0 saturated heterocycles. The van der Waals surface area contributed by atoms with Crippen LogP contribution in [0.3, 0.4) is 0 Å². The van der Waals surface area contributed by atoms with Gasteiger partial charge in [-0.25, -0.2) is 9.35 Å². The molecule has 8 nitrogen and oxygen atoms in total. The summed E-state index contributed by atoms with van der Waals surface area (Å²) >= 11 is 2.39. The third kappa shape index (κ3) is 3.00. The highest BCUT2D eigenvalue weighted by atomic mass is 32.2. The molecule has 2 N–H and O–H groups in total. The number of thioether (sulfide) groups is 2. The highest BCUT2D eigenvalue weighted by Gasteiger charge is 2.57. The standard InChI is InChI=1S/C16H16F6N8S2/c17-15(18,19)11-23-25-13-29(11)27-7-5-3-1-2-4-6(5)8-10(9(7)31-13)32-14-26-24-12(16(20,21)22)30(14)28-8/h5-10,27-28H,1-4H2. The van der Waals surface area contributed by atoms with Gasteiger partial charge in [-0.3, -0.25) is 0 Å². The quantitative estimate of drug-likeness (QED) is 0.536. The van der Waals surface area contributed by atoms with Gasteiger partial charge in [-0.05, 0) is 24.7 Å². The second-order valence-corrected chi connectivity index (χ2v) is 10.7. The molecule has 2 aromatic heterocycles. The number of rotatable bonds is 0. The first-order valence-corrected chi connectivity index (χ1v) is 11.8. The maximum atomic E-state index is 13.4. The summed E-state index contributed by atoms with van der Waals surface area (Å²) in [7, 11) is 0. The van der Waals surface area contributed by atoms with Gasteiger partial charge in [0.15, 0.2) is 0 Å². The van der Waals surface area contributed by atoms with Crippen LogP contribution in [0.4, 0.5) is 26.3 Å². The summed E-state index contributed by atoms with van der Waals surface area (Å²) in [6.45, 7) is 0. The fourth-order valence-electron chi connectivity index (χ4n) is 5.43. The molecule has 0 spiro atoms. The minimum absolute atomic E-state index is 0.000369. The van der Waals surface area contributed by atoms with Gasteiger partial charge in [0.05, 0.1) is 12.1 Å². The van der Waals surface area contributed by atoms with Gasteiger partial charge >= 0.3 is 12.4 Å². The average molecular weight is 498 g/mol. The van der Waals surface area contributed by atoms with Gasteiger partial charge in [0.2, 0.25) is 10.3 Å². The second kappa shape index (κ2) is 6.84. The molecule has 174 valence electrons. The Morgan fingerprint density at radius 1 is 0.688 bits per heavy atom. The first kappa shape index (κ1) is 20.7. The molecule has 4 aliphatic rings. The number of fused-ring (bicyclic) bond motifs is 8. The Kier molecular flexibility index (Phi) is 4.43. The van der Waals surface area contributed by atoms with Gasteiger partial charge in [0, 0.05) is 10.5 Å². The SMILES string of the molecule is FC(F)(F)c1nnc2n1NC1C3CCCCC3C3Nn4c(nnc4C(F)(F)F)SC3C1S2. The fourth-order valence-corrected chi connectivity index (χ4v) is 8.34. The molecule has 0 amide bonds. The maximum absolute atomic E-state index is 13.4. The molecule has 2 saturated carbocycles. The van der Waals surface area contributed by atoms with Crippen LogP contribution in [0, 0.1) is 11.8 Å². The molecule has 6 unspecified atom stereocenters. The van der Waals surface area contributed by atoms with Crippen LogP contribution >= 0.6 is 23.5 Å². The van der Waals surface area contributed by atoms with Crippen molar-refractivity contribution in [1.29, 1.82) is 0 Å². The molecule has 6 atom stereocenters. The molecule has 2 aliphatic carbocycles. The average Bonchev–Trinajstić information content (AvgIpc) is 3.34. The van der Waals surface area contributed by atoms with Crippen molar-refractivity contribution >= 4 is 23.5 Å². The third-order valence-electron chi connectivity index (χ3n) is 6.64. The zero-order chi connectivity index (χ0) is 22.4. The van der Waals surface area contributed by atoms with Gasteiger partial charge in [0.1, 0.15) is 0 Å². The van der Waals surface area contributed by atoms with Crippen molar-refractivity contribution in [2.75, 3.05) is 10.9 Å². The van der Waals surface area contributed by atoms with Crippen LogP contribution in [0.1, 0.15) is 37.3 Å². The van der Waals surface area contributed by atoms with E-state index in [1.807, 2.05) is 0 Å². The van der Waals surface area contributed by atoms with Gasteiger partial charge in [-0.15, -0.1) is 20.4 Å². The summed E-state index contributed by atoms with van der Waals surface area (Å²) in [6, 6.07) is -0.607. The lowest BCUT2D eigenvalue weighted by atomic mass is 9.65. The number of aromatic nitrogens is 6. The fraction of sp³-hybridized carbons (Fsp3) is 0.750. The summed E-state index contributed by atoms with van der Waals surface area (Å²) in [5, 5.41) is 13.8. The molecule has 16 heteroatoms. The van der Waals surface area contributed by atoms with E-state index in [0.717, 1.165) is 35.0 Å². The van der Waals surface area contributed by atoms with Crippen molar-refractivity contribution in [3.8, 4) is 0 Å². The Bertz CT molecular complexity index is 968. The van der Waals surface area contributed by atoms with E-state index >= 15 is 0 Å². The lowest BCUT2D eigenvalue weighted by Gasteiger charge is -2.55. The van der Waals surface area contributed by atoms with E-state index in [9.17, 15) is 26.3 Å². The third-order valence-corrected chi connectivity index (χ3v) is 9.48. The molecule has 32 heavy (non-hydrogen) atoms. The Balaban J connectivity index is 1.41. The number of nitrogens with one attached hydrogen (secondary N) is 2. The highest BCUT2D eigenvalue weighted by Crippen LogP contribution is 2.53. The van der Waals surface area contributed by atoms with E-state index in [2.05, 4.69) is 31.2 Å². The lowest BCUT2D eigenvalue weighted by Crippen LogP contribution is -2.66. The number of hydrogen-bond acceptors (Lipinski definition) is 8. The van der Waals surface area contributed by atoms with Crippen molar-refractivity contribution in [3.05, 3.63) is 11.6 Å². The van der Waals surface area contributed by atoms with Crippen molar-refractivity contribution in [3.63, 3.8) is 0 Å². The topological polar surface area (TPSA) is 85.5 Å². The Morgan fingerprint density at radius 2 is 1.09 bits per heavy atom. The predicted octanol–water partition coefficient (Wildman–Crippen LogP) is 3.20. The molecular formula is C16H16F6N8S2. The number of nitrogens with zero attached hydrogens (tertiary/aromatic N) is 6. The van der Waals surface area contributed by atoms with Crippen molar-refractivity contribution in [2.24, 2.45) is 11.8 Å². The molecule has 2 aliphatic heterocycles. The van der Waals surface area contributed by atoms with E-state index in [1.54, 1.807) is 0 Å². The van der Waals surface area contributed by atoms with E-state index in [1.165, 1.54) is 23.5 Å². The van der Waals surface area contributed by atoms with Crippen molar-refractivity contribution in [1.82, 2.24) is 29.7 Å². The molecular weight excluding hydrogens is 482 g/mol. The van der Waals surface area contributed by atoms with E-state index < -0.39 is 24.0 Å². The van der Waals surface area contributed by atoms with Crippen molar-refractivity contribution in [2.45, 2.75) is 70.9 Å². The van der Waals surface area contributed by atoms with E-state index in [0.29, 0.717) is 0 Å². The predicted molar refractivity (Wildman–Crippen MR) is 101 cm³/mol.